The monoisotopic (exact) mass is 297 g/mol. The normalized spacial score (nSPS) is 10.6. The molecular weight excluding hydrogens is 280 g/mol. The molecule has 0 saturated heterocycles. The molecule has 0 saturated carbocycles. The Hall–Kier alpha value is -2.66. The zero-order chi connectivity index (χ0) is 15.8. The largest absolute Gasteiger partial charge is 0.751 e. The van der Waals surface area contributed by atoms with Gasteiger partial charge in [0.25, 0.3) is 5.91 Å². The molecule has 0 fully saturated rings. The first-order chi connectivity index (χ1) is 10.7. The Morgan fingerprint density at radius 1 is 1.18 bits per heavy atom. The van der Waals surface area contributed by atoms with Gasteiger partial charge in [0.2, 0.25) is 0 Å². The fourth-order valence-corrected chi connectivity index (χ4v) is 1.72. The highest BCUT2D eigenvalue weighted by molar-refractivity contribution is 6.33. The van der Waals surface area contributed by atoms with Crippen LogP contribution in [0.3, 0.4) is 0 Å². The SMILES string of the molecule is CCCOc1ccc(N=CC(=O)N([O-])c2ccccc2)cc1. The molecule has 5 nitrogen and oxygen atoms in total. The van der Waals surface area contributed by atoms with E-state index in [1.165, 1.54) is 0 Å². The average Bonchev–Trinajstić information content (AvgIpc) is 2.58. The molecular formula is C17H17N2O3-. The number of hydrogen-bond donors (Lipinski definition) is 0. The molecule has 0 atom stereocenters. The van der Waals surface area contributed by atoms with Crippen LogP contribution in [0.15, 0.2) is 59.6 Å². The number of hydrogen-bond acceptors (Lipinski definition) is 4. The number of amides is 1. The maximum absolute atomic E-state index is 11.8. The summed E-state index contributed by atoms with van der Waals surface area (Å²) in [5.74, 6) is 0.0272. The fraction of sp³-hybridized carbons (Fsp3) is 0.176. The van der Waals surface area contributed by atoms with E-state index in [0.29, 0.717) is 17.4 Å². The number of aliphatic imine (C=N–C) groups is 1. The van der Waals surface area contributed by atoms with Crippen LogP contribution in [-0.4, -0.2) is 18.7 Å². The number of carbonyl (C=O) groups excluding carboxylic acids is 1. The van der Waals surface area contributed by atoms with Crippen molar-refractivity contribution in [2.24, 2.45) is 4.99 Å². The quantitative estimate of drug-likeness (QED) is 0.603. The van der Waals surface area contributed by atoms with Crippen LogP contribution in [-0.2, 0) is 4.79 Å². The highest BCUT2D eigenvalue weighted by Crippen LogP contribution is 2.18. The summed E-state index contributed by atoms with van der Waals surface area (Å²) in [5.41, 5.74) is 0.862. The van der Waals surface area contributed by atoms with E-state index in [2.05, 4.69) is 4.99 Å². The van der Waals surface area contributed by atoms with Gasteiger partial charge >= 0.3 is 0 Å². The maximum Gasteiger partial charge on any atom is 0.258 e. The van der Waals surface area contributed by atoms with Crippen molar-refractivity contribution in [3.63, 3.8) is 0 Å². The summed E-state index contributed by atoms with van der Waals surface area (Å²) in [6, 6.07) is 15.3. The molecule has 0 N–H and O–H groups in total. The molecule has 5 heteroatoms. The topological polar surface area (TPSA) is 65.0 Å². The van der Waals surface area contributed by atoms with Crippen LogP contribution in [0.25, 0.3) is 0 Å². The first-order valence-electron chi connectivity index (χ1n) is 7.04. The average molecular weight is 297 g/mol. The molecule has 0 aliphatic rings. The van der Waals surface area contributed by atoms with E-state index in [1.54, 1.807) is 54.6 Å². The third-order valence-electron chi connectivity index (χ3n) is 2.82. The van der Waals surface area contributed by atoms with Gasteiger partial charge in [-0.25, -0.2) is 0 Å². The van der Waals surface area contributed by atoms with Gasteiger partial charge in [-0.2, -0.15) is 0 Å². The molecule has 0 heterocycles. The number of rotatable bonds is 6. The first-order valence-corrected chi connectivity index (χ1v) is 7.04. The van der Waals surface area contributed by atoms with Crippen molar-refractivity contribution in [2.45, 2.75) is 13.3 Å². The highest BCUT2D eigenvalue weighted by atomic mass is 16.5. The molecule has 2 aromatic carbocycles. The van der Waals surface area contributed by atoms with Crippen LogP contribution in [0, 0.1) is 5.21 Å². The lowest BCUT2D eigenvalue weighted by molar-refractivity contribution is -0.111. The van der Waals surface area contributed by atoms with E-state index in [4.69, 9.17) is 4.74 Å². The van der Waals surface area contributed by atoms with Gasteiger partial charge in [0.15, 0.2) is 0 Å². The summed E-state index contributed by atoms with van der Waals surface area (Å²) < 4.78 is 5.45. The Morgan fingerprint density at radius 3 is 2.50 bits per heavy atom. The zero-order valence-electron chi connectivity index (χ0n) is 12.3. The van der Waals surface area contributed by atoms with E-state index in [1.807, 2.05) is 6.92 Å². The van der Waals surface area contributed by atoms with Gasteiger partial charge in [0, 0.05) is 5.69 Å². The highest BCUT2D eigenvalue weighted by Gasteiger charge is 2.02. The zero-order valence-corrected chi connectivity index (χ0v) is 12.3. The number of benzene rings is 2. The Kier molecular flexibility index (Phi) is 5.68. The molecule has 0 bridgehead atoms. The van der Waals surface area contributed by atoms with Crippen molar-refractivity contribution in [1.29, 1.82) is 0 Å². The number of anilines is 1. The van der Waals surface area contributed by atoms with Crippen molar-refractivity contribution in [3.05, 3.63) is 59.8 Å². The minimum Gasteiger partial charge on any atom is -0.751 e. The molecule has 2 aromatic rings. The van der Waals surface area contributed by atoms with Crippen LogP contribution in [0.1, 0.15) is 13.3 Å². The molecule has 0 radical (unpaired) electrons. The van der Waals surface area contributed by atoms with Crippen molar-refractivity contribution in [1.82, 2.24) is 0 Å². The van der Waals surface area contributed by atoms with Crippen molar-refractivity contribution >= 4 is 23.5 Å². The summed E-state index contributed by atoms with van der Waals surface area (Å²) in [6.45, 7) is 2.69. The number of para-hydroxylation sites is 1. The molecule has 1 amide bonds. The molecule has 114 valence electrons. The smallest absolute Gasteiger partial charge is 0.258 e. The summed E-state index contributed by atoms with van der Waals surface area (Å²) in [4.78, 5) is 15.8. The molecule has 0 aliphatic carbocycles. The number of hydroxylamine groups is 1. The second kappa shape index (κ2) is 7.95. The van der Waals surface area contributed by atoms with Gasteiger partial charge in [-0.15, -0.1) is 0 Å². The van der Waals surface area contributed by atoms with Crippen LogP contribution in [0.5, 0.6) is 5.75 Å². The number of ether oxygens (including phenoxy) is 1. The van der Waals surface area contributed by atoms with Gasteiger partial charge in [-0.1, -0.05) is 25.1 Å². The van der Waals surface area contributed by atoms with E-state index in [9.17, 15) is 10.0 Å². The molecule has 0 aliphatic heterocycles. The van der Waals surface area contributed by atoms with E-state index in [-0.39, 0.29) is 5.69 Å². The van der Waals surface area contributed by atoms with Crippen LogP contribution < -0.4 is 9.80 Å². The molecule has 22 heavy (non-hydrogen) atoms. The molecule has 0 spiro atoms. The van der Waals surface area contributed by atoms with Gasteiger partial charge in [0.1, 0.15) is 5.75 Å². The Morgan fingerprint density at radius 2 is 1.86 bits per heavy atom. The predicted octanol–water partition coefficient (Wildman–Crippen LogP) is 3.71. The lowest BCUT2D eigenvalue weighted by Crippen LogP contribution is -2.24. The third kappa shape index (κ3) is 4.43. The lowest BCUT2D eigenvalue weighted by Gasteiger charge is -2.26. The molecule has 0 aromatic heterocycles. The van der Waals surface area contributed by atoms with Gasteiger partial charge in [-0.05, 0) is 42.8 Å². The van der Waals surface area contributed by atoms with Crippen LogP contribution in [0.2, 0.25) is 0 Å². The second-order valence-electron chi connectivity index (χ2n) is 4.57. The van der Waals surface area contributed by atoms with Gasteiger partial charge < -0.3 is 15.0 Å². The van der Waals surface area contributed by atoms with Gasteiger partial charge in [-0.3, -0.25) is 9.79 Å². The number of nitrogens with zero attached hydrogens (tertiary/aromatic N) is 2. The number of carbonyl (C=O) groups is 1. The van der Waals surface area contributed by atoms with Crippen molar-refractivity contribution < 1.29 is 9.53 Å². The lowest BCUT2D eigenvalue weighted by atomic mass is 10.3. The Balaban J connectivity index is 1.97. The second-order valence-corrected chi connectivity index (χ2v) is 4.57. The Bertz CT molecular complexity index is 624. The first kappa shape index (κ1) is 15.7. The minimum atomic E-state index is -0.725. The van der Waals surface area contributed by atoms with E-state index < -0.39 is 5.91 Å². The van der Waals surface area contributed by atoms with E-state index in [0.717, 1.165) is 18.4 Å². The summed E-state index contributed by atoms with van der Waals surface area (Å²) in [6.07, 6.45) is 1.95. The van der Waals surface area contributed by atoms with E-state index >= 15 is 0 Å². The standard InChI is InChI=1S/C17H17N2O3/c1-2-12-22-16-10-8-14(9-11-16)18-13-17(20)19(21)15-6-4-3-5-7-15/h3-11,13H,2,12H2,1H3/q-1. The van der Waals surface area contributed by atoms with Crippen LogP contribution in [0.4, 0.5) is 11.4 Å². The summed E-state index contributed by atoms with van der Waals surface area (Å²) in [5, 5.41) is 12.1. The minimum absolute atomic E-state index is 0.280. The maximum atomic E-state index is 11.8. The van der Waals surface area contributed by atoms with Crippen molar-refractivity contribution in [2.75, 3.05) is 11.7 Å². The summed E-state index contributed by atoms with van der Waals surface area (Å²) >= 11 is 0. The van der Waals surface area contributed by atoms with Gasteiger partial charge in [0.05, 0.1) is 18.5 Å². The van der Waals surface area contributed by atoms with Crippen LogP contribution >= 0.6 is 0 Å². The Labute approximate surface area is 129 Å². The van der Waals surface area contributed by atoms with Crippen molar-refractivity contribution in [3.8, 4) is 5.75 Å². The predicted molar refractivity (Wildman–Crippen MR) is 87.7 cm³/mol. The third-order valence-corrected chi connectivity index (χ3v) is 2.82. The summed E-state index contributed by atoms with van der Waals surface area (Å²) in [7, 11) is 0. The molecule has 0 unspecified atom stereocenters. The molecule has 2 rings (SSSR count). The fourth-order valence-electron chi connectivity index (χ4n) is 1.72.